The molecule has 0 unspecified atom stereocenters. The van der Waals surface area contributed by atoms with Crippen molar-refractivity contribution < 1.29 is 13.2 Å². The van der Waals surface area contributed by atoms with Crippen molar-refractivity contribution in [1.29, 1.82) is 0 Å². The number of piperazine rings is 1. The van der Waals surface area contributed by atoms with Crippen LogP contribution in [0.3, 0.4) is 0 Å². The van der Waals surface area contributed by atoms with E-state index in [-0.39, 0.29) is 23.0 Å². The van der Waals surface area contributed by atoms with Gasteiger partial charge in [-0.05, 0) is 44.6 Å². The molecule has 5 rings (SSSR count). The number of thiophene rings is 1. The summed E-state index contributed by atoms with van der Waals surface area (Å²) in [5.74, 6) is 0.733. The highest BCUT2D eigenvalue weighted by Gasteiger charge is 2.46. The lowest BCUT2D eigenvalue weighted by atomic mass is 9.82. The van der Waals surface area contributed by atoms with Crippen molar-refractivity contribution in [3.05, 3.63) is 33.8 Å². The van der Waals surface area contributed by atoms with Crippen molar-refractivity contribution in [3.63, 3.8) is 0 Å². The molecule has 0 N–H and O–H groups in total. The van der Waals surface area contributed by atoms with Gasteiger partial charge in [-0.3, -0.25) is 9.48 Å². The molecule has 1 amide bonds. The van der Waals surface area contributed by atoms with Gasteiger partial charge in [0, 0.05) is 31.1 Å². The third kappa shape index (κ3) is 3.67. The van der Waals surface area contributed by atoms with Gasteiger partial charge in [-0.25, -0.2) is 8.42 Å². The SMILES string of the molecule is Cc1nn([C@H]2CCS(=O)(=O)C2)c(C)c1N1CCN(C(=O)C2(c3cccs3)CCCC2)CC1. The number of carbonyl (C=O) groups is 1. The Kier molecular flexibility index (Phi) is 5.60. The average Bonchev–Trinajstić information content (AvgIpc) is 3.55. The Balaban J connectivity index is 1.31. The molecule has 174 valence electrons. The Hall–Kier alpha value is -1.87. The summed E-state index contributed by atoms with van der Waals surface area (Å²) < 4.78 is 25.8. The molecule has 0 spiro atoms. The van der Waals surface area contributed by atoms with Crippen LogP contribution in [0.4, 0.5) is 5.69 Å². The molecule has 4 heterocycles. The Morgan fingerprint density at radius 2 is 1.88 bits per heavy atom. The third-order valence-corrected chi connectivity index (χ3v) is 10.4. The van der Waals surface area contributed by atoms with E-state index in [0.717, 1.165) is 55.8 Å². The van der Waals surface area contributed by atoms with Crippen molar-refractivity contribution in [2.24, 2.45) is 0 Å². The van der Waals surface area contributed by atoms with Crippen LogP contribution in [0.2, 0.25) is 0 Å². The molecule has 1 aliphatic carbocycles. The lowest BCUT2D eigenvalue weighted by Gasteiger charge is -2.40. The van der Waals surface area contributed by atoms with Crippen LogP contribution in [0.5, 0.6) is 0 Å². The first-order valence-electron chi connectivity index (χ1n) is 11.7. The highest BCUT2D eigenvalue weighted by molar-refractivity contribution is 7.91. The fourth-order valence-corrected chi connectivity index (χ4v) is 8.64. The van der Waals surface area contributed by atoms with E-state index in [1.165, 1.54) is 4.88 Å². The minimum Gasteiger partial charge on any atom is -0.365 e. The van der Waals surface area contributed by atoms with Gasteiger partial charge in [0.05, 0.1) is 40.0 Å². The van der Waals surface area contributed by atoms with E-state index in [1.54, 1.807) is 11.3 Å². The molecule has 9 heteroatoms. The number of sulfone groups is 1. The highest BCUT2D eigenvalue weighted by atomic mass is 32.2. The average molecular weight is 477 g/mol. The molecule has 7 nitrogen and oxygen atoms in total. The quantitative estimate of drug-likeness (QED) is 0.678. The van der Waals surface area contributed by atoms with Crippen LogP contribution in [0.25, 0.3) is 0 Å². The van der Waals surface area contributed by atoms with Gasteiger partial charge in [-0.1, -0.05) is 18.9 Å². The molecule has 2 aliphatic heterocycles. The van der Waals surface area contributed by atoms with Crippen molar-refractivity contribution in [2.75, 3.05) is 42.6 Å². The molecule has 3 fully saturated rings. The number of amides is 1. The maximum absolute atomic E-state index is 13.7. The smallest absolute Gasteiger partial charge is 0.234 e. The molecule has 2 aromatic heterocycles. The summed E-state index contributed by atoms with van der Waals surface area (Å²) in [7, 11) is -2.96. The molecule has 2 saturated heterocycles. The minimum atomic E-state index is -2.96. The minimum absolute atomic E-state index is 0.0664. The fraction of sp³-hybridized carbons (Fsp3) is 0.652. The molecule has 2 aromatic rings. The maximum atomic E-state index is 13.7. The number of nitrogens with zero attached hydrogens (tertiary/aromatic N) is 4. The number of aromatic nitrogens is 2. The fourth-order valence-electron chi connectivity index (χ4n) is 5.97. The van der Waals surface area contributed by atoms with Gasteiger partial charge in [0.15, 0.2) is 9.84 Å². The highest BCUT2D eigenvalue weighted by Crippen LogP contribution is 2.44. The summed E-state index contributed by atoms with van der Waals surface area (Å²) in [6.07, 6.45) is 4.80. The number of hydrogen-bond acceptors (Lipinski definition) is 6. The normalized spacial score (nSPS) is 24.9. The van der Waals surface area contributed by atoms with Gasteiger partial charge in [0.1, 0.15) is 0 Å². The Morgan fingerprint density at radius 3 is 2.47 bits per heavy atom. The van der Waals surface area contributed by atoms with E-state index in [9.17, 15) is 13.2 Å². The van der Waals surface area contributed by atoms with E-state index in [0.29, 0.717) is 25.4 Å². The molecular weight excluding hydrogens is 444 g/mol. The predicted molar refractivity (Wildman–Crippen MR) is 127 cm³/mol. The lowest BCUT2D eigenvalue weighted by molar-refractivity contribution is -0.137. The summed E-state index contributed by atoms with van der Waals surface area (Å²) in [6.45, 7) is 7.04. The summed E-state index contributed by atoms with van der Waals surface area (Å²) >= 11 is 1.72. The number of hydrogen-bond donors (Lipinski definition) is 0. The number of anilines is 1. The largest absolute Gasteiger partial charge is 0.365 e. The van der Waals surface area contributed by atoms with E-state index >= 15 is 0 Å². The van der Waals surface area contributed by atoms with Crippen molar-refractivity contribution in [3.8, 4) is 0 Å². The number of carbonyl (C=O) groups excluding carboxylic acids is 1. The zero-order valence-electron chi connectivity index (χ0n) is 18.9. The van der Waals surface area contributed by atoms with E-state index < -0.39 is 9.84 Å². The molecular formula is C23H32N4O3S2. The predicted octanol–water partition coefficient (Wildman–Crippen LogP) is 3.08. The third-order valence-electron chi connectivity index (χ3n) is 7.58. The molecule has 3 aliphatic rings. The van der Waals surface area contributed by atoms with E-state index in [4.69, 9.17) is 5.10 Å². The lowest BCUT2D eigenvalue weighted by Crippen LogP contribution is -2.54. The van der Waals surface area contributed by atoms with E-state index in [2.05, 4.69) is 27.3 Å². The molecule has 0 aromatic carbocycles. The van der Waals surface area contributed by atoms with Crippen LogP contribution in [0.15, 0.2) is 17.5 Å². The zero-order valence-corrected chi connectivity index (χ0v) is 20.6. The zero-order chi connectivity index (χ0) is 22.5. The first kappa shape index (κ1) is 21.9. The summed E-state index contributed by atoms with van der Waals surface area (Å²) in [6, 6.07) is 4.13. The number of rotatable bonds is 4. The monoisotopic (exact) mass is 476 g/mol. The van der Waals surface area contributed by atoms with E-state index in [1.807, 2.05) is 18.5 Å². The van der Waals surface area contributed by atoms with Gasteiger partial charge in [-0.15, -0.1) is 11.3 Å². The van der Waals surface area contributed by atoms with Crippen molar-refractivity contribution >= 4 is 32.8 Å². The summed E-state index contributed by atoms with van der Waals surface area (Å²) in [5.41, 5.74) is 2.77. The summed E-state index contributed by atoms with van der Waals surface area (Å²) in [5, 5.41) is 6.81. The first-order valence-corrected chi connectivity index (χ1v) is 14.4. The van der Waals surface area contributed by atoms with Crippen LogP contribution < -0.4 is 4.90 Å². The van der Waals surface area contributed by atoms with Crippen molar-refractivity contribution in [1.82, 2.24) is 14.7 Å². The molecule has 32 heavy (non-hydrogen) atoms. The molecule has 0 bridgehead atoms. The van der Waals surface area contributed by atoms with Gasteiger partial charge in [-0.2, -0.15) is 5.10 Å². The van der Waals surface area contributed by atoms with Gasteiger partial charge < -0.3 is 9.80 Å². The second-order valence-corrected chi connectivity index (χ2v) is 12.7. The maximum Gasteiger partial charge on any atom is 0.234 e. The topological polar surface area (TPSA) is 75.5 Å². The second kappa shape index (κ2) is 8.17. The van der Waals surface area contributed by atoms with Crippen LogP contribution in [0.1, 0.15) is 54.4 Å². The molecule has 0 radical (unpaired) electrons. The van der Waals surface area contributed by atoms with Crippen LogP contribution >= 0.6 is 11.3 Å². The van der Waals surface area contributed by atoms with Gasteiger partial charge >= 0.3 is 0 Å². The van der Waals surface area contributed by atoms with Gasteiger partial charge in [0.2, 0.25) is 5.91 Å². The second-order valence-electron chi connectivity index (χ2n) is 9.57. The molecule has 1 saturated carbocycles. The van der Waals surface area contributed by atoms with Crippen molar-refractivity contribution in [2.45, 2.75) is 57.4 Å². The first-order chi connectivity index (χ1) is 15.3. The van der Waals surface area contributed by atoms with Crippen LogP contribution in [-0.4, -0.2) is 66.7 Å². The standard InChI is InChI=1S/C23H32N4O3S2/c1-17-21(18(2)27(24-17)19-7-15-32(29,30)16-19)25-10-12-26(13-11-25)22(28)23(8-3-4-9-23)20-6-5-14-31-20/h5-6,14,19H,3-4,7-13,15-16H2,1-2H3/t19-/m0/s1. The Bertz CT molecular complexity index is 1090. The Morgan fingerprint density at radius 1 is 1.16 bits per heavy atom. The summed E-state index contributed by atoms with van der Waals surface area (Å²) in [4.78, 5) is 19.3. The van der Waals surface area contributed by atoms with Gasteiger partial charge in [0.25, 0.3) is 0 Å². The van der Waals surface area contributed by atoms with Crippen LogP contribution in [-0.2, 0) is 20.0 Å². The van der Waals surface area contributed by atoms with Crippen LogP contribution in [0, 0.1) is 13.8 Å². The molecule has 1 atom stereocenters. The number of aryl methyl sites for hydroxylation is 1. The Labute approximate surface area is 194 Å².